The molecule has 0 aromatic heterocycles. The maximum atomic E-state index is 2.49. The third-order valence-electron chi connectivity index (χ3n) is 0.852. The van der Waals surface area contributed by atoms with E-state index in [0.29, 0.717) is 0 Å². The van der Waals surface area contributed by atoms with Crippen molar-refractivity contribution in [1.29, 1.82) is 0 Å². The van der Waals surface area contributed by atoms with Crippen molar-refractivity contribution in [3.8, 4) is 0 Å². The van der Waals surface area contributed by atoms with Crippen LogP contribution < -0.4 is 0 Å². The van der Waals surface area contributed by atoms with Gasteiger partial charge in [-0.25, -0.2) is 0 Å². The van der Waals surface area contributed by atoms with Crippen LogP contribution in [0.5, 0.6) is 0 Å². The van der Waals surface area contributed by atoms with Gasteiger partial charge in [0.2, 0.25) is 4.57 Å². The number of hydrogen-bond donors (Lipinski definition) is 0. The predicted octanol–water partition coefficient (Wildman–Crippen LogP) is 2.67. The zero-order valence-corrected chi connectivity index (χ0v) is 8.73. The van der Waals surface area contributed by atoms with Crippen molar-refractivity contribution in [3.05, 3.63) is 0 Å². The first kappa shape index (κ1) is 9.22. The summed E-state index contributed by atoms with van der Waals surface area (Å²) in [6.07, 6.45) is 2.80. The third-order valence-corrected chi connectivity index (χ3v) is 3.88. The van der Waals surface area contributed by atoms with Gasteiger partial charge in [-0.3, -0.25) is 0 Å². The van der Waals surface area contributed by atoms with Crippen molar-refractivity contribution < 1.29 is 0 Å². The lowest BCUT2D eigenvalue weighted by Crippen LogP contribution is -1.97. The molecule has 0 saturated carbocycles. The molecule has 8 heavy (non-hydrogen) atoms. The van der Waals surface area contributed by atoms with Crippen molar-refractivity contribution in [2.45, 2.75) is 20.2 Å². The zero-order valence-electron chi connectivity index (χ0n) is 5.58. The summed E-state index contributed by atoms with van der Waals surface area (Å²) in [7, 11) is 1.21. The highest BCUT2D eigenvalue weighted by molar-refractivity contribution is 14.1. The summed E-state index contributed by atoms with van der Waals surface area (Å²) in [5.74, 6) is 0. The molecule has 0 nitrogen and oxygen atoms in total. The lowest BCUT2D eigenvalue weighted by molar-refractivity contribution is 1.10. The van der Waals surface area contributed by atoms with Crippen LogP contribution in [-0.2, 0) is 0 Å². The minimum Gasteiger partial charge on any atom is -0.150 e. The van der Waals surface area contributed by atoms with Crippen LogP contribution >= 0.6 is 31.0 Å². The average molecular weight is 242 g/mol. The SMILES string of the molecule is CCCPCB(C)I. The summed E-state index contributed by atoms with van der Waals surface area (Å²) in [4.78, 5) is 0. The molecular formula is C5H13BIP. The Kier molecular flexibility index (Phi) is 7.32. The van der Waals surface area contributed by atoms with E-state index in [2.05, 4.69) is 36.1 Å². The van der Waals surface area contributed by atoms with Gasteiger partial charge in [-0.1, -0.05) is 20.2 Å². The normalized spacial score (nSPS) is 10.9. The fraction of sp³-hybridized carbons (Fsp3) is 1.00. The molecule has 1 atom stereocenters. The highest BCUT2D eigenvalue weighted by atomic mass is 127. The summed E-state index contributed by atoms with van der Waals surface area (Å²) < 4.78 is 0.887. The second kappa shape index (κ2) is 6.35. The van der Waals surface area contributed by atoms with Crippen molar-refractivity contribution in [3.63, 3.8) is 0 Å². The molecule has 0 aliphatic rings. The van der Waals surface area contributed by atoms with E-state index in [1.165, 1.54) is 27.2 Å². The van der Waals surface area contributed by atoms with E-state index < -0.39 is 0 Å². The largest absolute Gasteiger partial charge is 0.218 e. The van der Waals surface area contributed by atoms with Gasteiger partial charge in [0.05, 0.1) is 0 Å². The van der Waals surface area contributed by atoms with E-state index in [4.69, 9.17) is 0 Å². The molecule has 0 N–H and O–H groups in total. The Morgan fingerprint density at radius 2 is 2.25 bits per heavy atom. The Morgan fingerprint density at radius 1 is 1.62 bits per heavy atom. The van der Waals surface area contributed by atoms with Crippen LogP contribution in [0.25, 0.3) is 0 Å². The minimum absolute atomic E-state index is 0.887. The lowest BCUT2D eigenvalue weighted by Gasteiger charge is -1.96. The predicted molar refractivity (Wildman–Crippen MR) is 54.0 cm³/mol. The molecule has 0 aliphatic heterocycles. The van der Waals surface area contributed by atoms with Crippen LogP contribution in [0, 0.1) is 0 Å². The van der Waals surface area contributed by atoms with Crippen LogP contribution in [0.1, 0.15) is 13.3 Å². The monoisotopic (exact) mass is 242 g/mol. The van der Waals surface area contributed by atoms with Gasteiger partial charge in [0.25, 0.3) is 0 Å². The number of halogens is 1. The molecule has 0 fully saturated rings. The molecule has 1 unspecified atom stereocenters. The minimum atomic E-state index is 0.887. The van der Waals surface area contributed by atoms with Gasteiger partial charge in [-0.15, -0.1) is 31.0 Å². The smallest absolute Gasteiger partial charge is 0.150 e. The standard InChI is InChI=1S/C5H13BIP/c1-3-4-8-5-6(2)7/h8H,3-5H2,1-2H3. The fourth-order valence-electron chi connectivity index (χ4n) is 0.478. The van der Waals surface area contributed by atoms with Crippen molar-refractivity contribution in [1.82, 2.24) is 0 Å². The molecule has 0 radical (unpaired) electrons. The molecule has 0 aromatic carbocycles. The molecule has 48 valence electrons. The van der Waals surface area contributed by atoms with Crippen LogP contribution in [0.15, 0.2) is 0 Å². The van der Waals surface area contributed by atoms with Crippen LogP contribution in [0.3, 0.4) is 0 Å². The van der Waals surface area contributed by atoms with Gasteiger partial charge >= 0.3 is 0 Å². The molecule has 0 saturated heterocycles. The summed E-state index contributed by atoms with van der Waals surface area (Å²) in [6, 6.07) is 1.42. The summed E-state index contributed by atoms with van der Waals surface area (Å²) >= 11 is 2.49. The lowest BCUT2D eigenvalue weighted by atomic mass is 9.86. The molecular weight excluding hydrogens is 229 g/mol. The summed E-state index contributed by atoms with van der Waals surface area (Å²) in [6.45, 7) is 4.54. The first-order valence-electron chi connectivity index (χ1n) is 3.12. The van der Waals surface area contributed by atoms with E-state index in [-0.39, 0.29) is 0 Å². The summed E-state index contributed by atoms with van der Waals surface area (Å²) in [5, 5.41) is 0. The molecule has 0 aliphatic carbocycles. The van der Waals surface area contributed by atoms with Crippen LogP contribution in [-0.4, -0.2) is 16.8 Å². The maximum absolute atomic E-state index is 2.49. The number of hydrogen-bond acceptors (Lipinski definition) is 0. The molecule has 0 heterocycles. The highest BCUT2D eigenvalue weighted by Crippen LogP contribution is 2.14. The van der Waals surface area contributed by atoms with Gasteiger partial charge in [-0.05, 0) is 12.2 Å². The van der Waals surface area contributed by atoms with E-state index in [9.17, 15) is 0 Å². The van der Waals surface area contributed by atoms with Gasteiger partial charge in [0.1, 0.15) is 0 Å². The summed E-state index contributed by atoms with van der Waals surface area (Å²) in [5.41, 5.74) is 0. The maximum Gasteiger partial charge on any atom is 0.218 e. The molecule has 0 rings (SSSR count). The van der Waals surface area contributed by atoms with Crippen LogP contribution in [0.2, 0.25) is 6.82 Å². The first-order chi connectivity index (χ1) is 3.77. The Morgan fingerprint density at radius 3 is 2.62 bits per heavy atom. The van der Waals surface area contributed by atoms with Gasteiger partial charge in [0, 0.05) is 0 Å². The Hall–Kier alpha value is 1.22. The van der Waals surface area contributed by atoms with Crippen molar-refractivity contribution in [2.24, 2.45) is 0 Å². The zero-order chi connectivity index (χ0) is 6.41. The van der Waals surface area contributed by atoms with Crippen molar-refractivity contribution >= 4 is 35.5 Å². The molecule has 0 spiro atoms. The fourth-order valence-corrected chi connectivity index (χ4v) is 2.37. The topological polar surface area (TPSA) is 0 Å². The van der Waals surface area contributed by atoms with E-state index in [1.807, 2.05) is 0 Å². The molecule has 0 amide bonds. The molecule has 3 heteroatoms. The second-order valence-electron chi connectivity index (χ2n) is 1.98. The van der Waals surface area contributed by atoms with Crippen molar-refractivity contribution in [2.75, 3.05) is 12.2 Å². The quantitative estimate of drug-likeness (QED) is 0.307. The van der Waals surface area contributed by atoms with E-state index >= 15 is 0 Å². The molecule has 0 bridgehead atoms. The first-order valence-corrected chi connectivity index (χ1v) is 5.78. The molecule has 0 aromatic rings. The third kappa shape index (κ3) is 7.22. The Bertz CT molecular complexity index is 49.7. The Labute approximate surface area is 67.9 Å². The average Bonchev–Trinajstić information content (AvgIpc) is 1.66. The number of rotatable bonds is 4. The van der Waals surface area contributed by atoms with Gasteiger partial charge < -0.3 is 0 Å². The van der Waals surface area contributed by atoms with E-state index in [1.54, 1.807) is 0 Å². The van der Waals surface area contributed by atoms with E-state index in [0.717, 1.165) is 4.57 Å². The highest BCUT2D eigenvalue weighted by Gasteiger charge is 1.97. The van der Waals surface area contributed by atoms with Crippen LogP contribution in [0.4, 0.5) is 0 Å². The Balaban J connectivity index is 2.72. The second-order valence-corrected chi connectivity index (χ2v) is 5.52. The van der Waals surface area contributed by atoms with Gasteiger partial charge in [0.15, 0.2) is 0 Å². The van der Waals surface area contributed by atoms with Gasteiger partial charge in [-0.2, -0.15) is 0 Å².